The second-order valence-corrected chi connectivity index (χ2v) is 8.17. The first kappa shape index (κ1) is 19.2. The predicted octanol–water partition coefficient (Wildman–Crippen LogP) is 4.64. The number of hydrogen-bond donors (Lipinski definition) is 1. The number of rotatable bonds is 8. The third-order valence-electron chi connectivity index (χ3n) is 4.44. The first-order valence-corrected chi connectivity index (χ1v) is 10.3. The largest absolute Gasteiger partial charge is 0.481 e. The lowest BCUT2D eigenvalue weighted by Crippen LogP contribution is -2.39. The molecule has 1 aliphatic carbocycles. The number of amides is 1. The number of ether oxygens (including phenoxy) is 1. The first-order chi connectivity index (χ1) is 11.6. The van der Waals surface area contributed by atoms with Crippen LogP contribution in [-0.4, -0.2) is 29.6 Å². The van der Waals surface area contributed by atoms with Crippen LogP contribution < -0.4 is 10.1 Å². The van der Waals surface area contributed by atoms with Crippen LogP contribution in [0.4, 0.5) is 0 Å². The van der Waals surface area contributed by atoms with E-state index in [-0.39, 0.29) is 5.91 Å². The molecule has 2 rings (SSSR count). The summed E-state index contributed by atoms with van der Waals surface area (Å²) in [5, 5.41) is 3.83. The van der Waals surface area contributed by atoms with E-state index in [1.165, 1.54) is 32.1 Å². The molecule has 0 aromatic heterocycles. The van der Waals surface area contributed by atoms with E-state index in [1.54, 1.807) is 0 Å². The molecule has 1 amide bonds. The molecular formula is C20H31NO2S. The summed E-state index contributed by atoms with van der Waals surface area (Å²) in [6.45, 7) is 6.81. The predicted molar refractivity (Wildman–Crippen MR) is 103 cm³/mol. The smallest absolute Gasteiger partial charge is 0.261 e. The van der Waals surface area contributed by atoms with Crippen molar-refractivity contribution in [2.45, 2.75) is 70.7 Å². The number of thioether (sulfide) groups is 1. The van der Waals surface area contributed by atoms with Gasteiger partial charge in [0.2, 0.25) is 0 Å². The molecule has 0 bridgehead atoms. The highest BCUT2D eigenvalue weighted by Crippen LogP contribution is 2.27. The van der Waals surface area contributed by atoms with Crippen molar-refractivity contribution < 1.29 is 9.53 Å². The molecule has 1 aliphatic rings. The van der Waals surface area contributed by atoms with Crippen LogP contribution in [0.3, 0.4) is 0 Å². The molecule has 1 aromatic carbocycles. The standard InChI is InChI=1S/C20H31NO2S/c1-4-19(23-17-13-15(2)12-16(3)14-17)20(22)21-10-11-24-18-8-6-5-7-9-18/h12-14,18-19H,4-11H2,1-3H3,(H,21,22). The molecule has 3 nitrogen and oxygen atoms in total. The number of carbonyl (C=O) groups is 1. The molecule has 0 radical (unpaired) electrons. The van der Waals surface area contributed by atoms with Crippen LogP contribution in [0.25, 0.3) is 0 Å². The van der Waals surface area contributed by atoms with Crippen LogP contribution in [0.2, 0.25) is 0 Å². The number of aryl methyl sites for hydroxylation is 2. The fourth-order valence-corrected chi connectivity index (χ4v) is 4.45. The molecule has 1 fully saturated rings. The number of carbonyl (C=O) groups excluding carboxylic acids is 1. The van der Waals surface area contributed by atoms with Crippen molar-refractivity contribution >= 4 is 17.7 Å². The van der Waals surface area contributed by atoms with Gasteiger partial charge in [0.15, 0.2) is 6.10 Å². The first-order valence-electron chi connectivity index (χ1n) is 9.22. The Hall–Kier alpha value is -1.16. The molecule has 0 aliphatic heterocycles. The molecule has 134 valence electrons. The maximum Gasteiger partial charge on any atom is 0.261 e. The Morgan fingerprint density at radius 2 is 1.88 bits per heavy atom. The van der Waals surface area contributed by atoms with E-state index in [1.807, 2.05) is 44.7 Å². The highest BCUT2D eigenvalue weighted by molar-refractivity contribution is 7.99. The molecule has 24 heavy (non-hydrogen) atoms. The summed E-state index contributed by atoms with van der Waals surface area (Å²) < 4.78 is 5.92. The Kier molecular flexibility index (Phi) is 7.97. The van der Waals surface area contributed by atoms with Gasteiger partial charge < -0.3 is 10.1 Å². The van der Waals surface area contributed by atoms with Gasteiger partial charge >= 0.3 is 0 Å². The topological polar surface area (TPSA) is 38.3 Å². The Bertz CT molecular complexity index is 506. The zero-order valence-corrected chi connectivity index (χ0v) is 16.1. The quantitative estimate of drug-likeness (QED) is 0.695. The number of benzene rings is 1. The molecule has 4 heteroatoms. The molecule has 0 saturated heterocycles. The van der Waals surface area contributed by atoms with Crippen molar-refractivity contribution in [3.8, 4) is 5.75 Å². The van der Waals surface area contributed by atoms with E-state index in [9.17, 15) is 4.79 Å². The molecule has 1 N–H and O–H groups in total. The highest BCUT2D eigenvalue weighted by Gasteiger charge is 2.19. The number of nitrogens with one attached hydrogen (secondary N) is 1. The summed E-state index contributed by atoms with van der Waals surface area (Å²) in [6, 6.07) is 6.08. The van der Waals surface area contributed by atoms with E-state index >= 15 is 0 Å². The normalized spacial score (nSPS) is 16.6. The van der Waals surface area contributed by atoms with E-state index in [4.69, 9.17) is 4.74 Å². The van der Waals surface area contributed by atoms with Crippen LogP contribution in [-0.2, 0) is 4.79 Å². The maximum absolute atomic E-state index is 12.4. The molecular weight excluding hydrogens is 318 g/mol. The van der Waals surface area contributed by atoms with Gasteiger partial charge in [0.1, 0.15) is 5.75 Å². The second kappa shape index (κ2) is 9.97. The highest BCUT2D eigenvalue weighted by atomic mass is 32.2. The lowest BCUT2D eigenvalue weighted by Gasteiger charge is -2.21. The van der Waals surface area contributed by atoms with Crippen LogP contribution in [0, 0.1) is 13.8 Å². The average Bonchev–Trinajstić information content (AvgIpc) is 2.56. The third-order valence-corrected chi connectivity index (χ3v) is 5.83. The van der Waals surface area contributed by atoms with Crippen LogP contribution in [0.1, 0.15) is 56.6 Å². The van der Waals surface area contributed by atoms with Gasteiger partial charge in [-0.3, -0.25) is 4.79 Å². The van der Waals surface area contributed by atoms with E-state index in [0.29, 0.717) is 6.42 Å². The molecule has 1 saturated carbocycles. The fourth-order valence-electron chi connectivity index (χ4n) is 3.23. The van der Waals surface area contributed by atoms with E-state index in [2.05, 4.69) is 11.4 Å². The molecule has 1 atom stereocenters. The summed E-state index contributed by atoms with van der Waals surface area (Å²) in [5.74, 6) is 1.78. The van der Waals surface area contributed by atoms with Crippen molar-refractivity contribution in [1.29, 1.82) is 0 Å². The van der Waals surface area contributed by atoms with Gasteiger partial charge in [-0.2, -0.15) is 11.8 Å². The summed E-state index contributed by atoms with van der Waals surface area (Å²) in [4.78, 5) is 12.4. The molecule has 0 spiro atoms. The van der Waals surface area contributed by atoms with Gasteiger partial charge in [-0.15, -0.1) is 0 Å². The van der Waals surface area contributed by atoms with E-state index in [0.717, 1.165) is 34.4 Å². The summed E-state index contributed by atoms with van der Waals surface area (Å²) in [5.41, 5.74) is 2.31. The second-order valence-electron chi connectivity index (χ2n) is 6.76. The Morgan fingerprint density at radius 1 is 1.21 bits per heavy atom. The fraction of sp³-hybridized carbons (Fsp3) is 0.650. The maximum atomic E-state index is 12.4. The summed E-state index contributed by atoms with van der Waals surface area (Å²) in [6.07, 6.45) is 7.07. The van der Waals surface area contributed by atoms with Crippen molar-refractivity contribution in [3.63, 3.8) is 0 Å². The van der Waals surface area contributed by atoms with Crippen LogP contribution in [0.15, 0.2) is 18.2 Å². The van der Waals surface area contributed by atoms with Gasteiger partial charge in [-0.25, -0.2) is 0 Å². The lowest BCUT2D eigenvalue weighted by molar-refractivity contribution is -0.127. The van der Waals surface area contributed by atoms with Crippen molar-refractivity contribution in [2.24, 2.45) is 0 Å². The van der Waals surface area contributed by atoms with Gasteiger partial charge in [0, 0.05) is 17.5 Å². The lowest BCUT2D eigenvalue weighted by atomic mass is 10.0. The Labute approximate surface area is 150 Å². The Morgan fingerprint density at radius 3 is 2.50 bits per heavy atom. The summed E-state index contributed by atoms with van der Waals surface area (Å²) >= 11 is 2.01. The van der Waals surface area contributed by atoms with Gasteiger partial charge in [-0.1, -0.05) is 32.3 Å². The average molecular weight is 350 g/mol. The minimum absolute atomic E-state index is 0.000836. The van der Waals surface area contributed by atoms with Crippen molar-refractivity contribution in [3.05, 3.63) is 29.3 Å². The van der Waals surface area contributed by atoms with Crippen molar-refractivity contribution in [2.75, 3.05) is 12.3 Å². The van der Waals surface area contributed by atoms with Gasteiger partial charge in [-0.05, 0) is 56.4 Å². The molecule has 1 aromatic rings. The van der Waals surface area contributed by atoms with Gasteiger partial charge in [0.25, 0.3) is 5.91 Å². The number of hydrogen-bond acceptors (Lipinski definition) is 3. The Balaban J connectivity index is 1.74. The van der Waals surface area contributed by atoms with Crippen LogP contribution >= 0.6 is 11.8 Å². The minimum atomic E-state index is -0.411. The molecule has 1 unspecified atom stereocenters. The van der Waals surface area contributed by atoms with Crippen molar-refractivity contribution in [1.82, 2.24) is 5.32 Å². The zero-order valence-electron chi connectivity index (χ0n) is 15.3. The van der Waals surface area contributed by atoms with Gasteiger partial charge in [0.05, 0.1) is 0 Å². The monoisotopic (exact) mass is 349 g/mol. The minimum Gasteiger partial charge on any atom is -0.481 e. The SMILES string of the molecule is CCC(Oc1cc(C)cc(C)c1)C(=O)NCCSC1CCCCC1. The zero-order chi connectivity index (χ0) is 17.4. The third kappa shape index (κ3) is 6.39. The van der Waals surface area contributed by atoms with E-state index < -0.39 is 6.10 Å². The molecule has 0 heterocycles. The summed E-state index contributed by atoms with van der Waals surface area (Å²) in [7, 11) is 0. The van der Waals surface area contributed by atoms with Crippen LogP contribution in [0.5, 0.6) is 5.75 Å².